The molecule has 136 valence electrons. The number of carbonyl (C=O) groups excluding carboxylic acids is 1. The summed E-state index contributed by atoms with van der Waals surface area (Å²) in [7, 11) is 1.61. The molecule has 0 saturated carbocycles. The Morgan fingerprint density at radius 3 is 2.85 bits per heavy atom. The van der Waals surface area contributed by atoms with Gasteiger partial charge in [0.2, 0.25) is 5.88 Å². The molecule has 0 N–H and O–H groups in total. The molecule has 0 aromatic carbocycles. The predicted octanol–water partition coefficient (Wildman–Crippen LogP) is 3.17. The summed E-state index contributed by atoms with van der Waals surface area (Å²) in [6.45, 7) is 3.89. The molecule has 6 heteroatoms. The SMILES string of the molecule is COc1nc(-c2ccncc2C)nc2c1CCC1C(C)C(=O)C(C#N)=CC21. The summed E-state index contributed by atoms with van der Waals surface area (Å²) in [6.07, 6.45) is 6.91. The van der Waals surface area contributed by atoms with Crippen LogP contribution in [0.15, 0.2) is 30.1 Å². The van der Waals surface area contributed by atoms with Crippen LogP contribution in [0.1, 0.15) is 36.1 Å². The summed E-state index contributed by atoms with van der Waals surface area (Å²) in [4.78, 5) is 26.1. The van der Waals surface area contributed by atoms with E-state index >= 15 is 0 Å². The molecule has 0 radical (unpaired) electrons. The van der Waals surface area contributed by atoms with E-state index in [-0.39, 0.29) is 29.1 Å². The van der Waals surface area contributed by atoms with Crippen LogP contribution in [0.3, 0.4) is 0 Å². The maximum Gasteiger partial charge on any atom is 0.220 e. The van der Waals surface area contributed by atoms with Crippen molar-refractivity contribution in [1.29, 1.82) is 5.26 Å². The van der Waals surface area contributed by atoms with E-state index in [1.54, 1.807) is 25.6 Å². The van der Waals surface area contributed by atoms with Gasteiger partial charge in [0.05, 0.1) is 18.4 Å². The van der Waals surface area contributed by atoms with Gasteiger partial charge in [-0.05, 0) is 37.3 Å². The van der Waals surface area contributed by atoms with E-state index in [1.165, 1.54) is 0 Å². The average Bonchev–Trinajstić information content (AvgIpc) is 2.69. The molecule has 0 fully saturated rings. The Hall–Kier alpha value is -3.07. The fraction of sp³-hybridized carbons (Fsp3) is 0.381. The highest BCUT2D eigenvalue weighted by Crippen LogP contribution is 2.46. The Labute approximate surface area is 157 Å². The van der Waals surface area contributed by atoms with Gasteiger partial charge in [-0.1, -0.05) is 13.0 Å². The van der Waals surface area contributed by atoms with E-state index in [2.05, 4.69) is 16.0 Å². The Morgan fingerprint density at radius 1 is 1.33 bits per heavy atom. The fourth-order valence-corrected chi connectivity index (χ4v) is 4.25. The number of hydrogen-bond donors (Lipinski definition) is 0. The normalized spacial score (nSPS) is 23.7. The highest BCUT2D eigenvalue weighted by atomic mass is 16.5. The topological polar surface area (TPSA) is 88.8 Å². The second-order valence-corrected chi connectivity index (χ2v) is 7.18. The zero-order valence-corrected chi connectivity index (χ0v) is 15.6. The molecular weight excluding hydrogens is 340 g/mol. The number of fused-ring (bicyclic) bond motifs is 3. The van der Waals surface area contributed by atoms with E-state index in [0.29, 0.717) is 11.7 Å². The molecule has 0 bridgehead atoms. The second-order valence-electron chi connectivity index (χ2n) is 7.18. The van der Waals surface area contributed by atoms with Crippen LogP contribution in [-0.4, -0.2) is 27.8 Å². The van der Waals surface area contributed by atoms with Crippen LogP contribution in [0, 0.1) is 30.1 Å². The number of methoxy groups -OCH3 is 1. The highest BCUT2D eigenvalue weighted by Gasteiger charge is 2.42. The molecule has 0 spiro atoms. The summed E-state index contributed by atoms with van der Waals surface area (Å²) in [6, 6.07) is 3.95. The first kappa shape index (κ1) is 17.3. The zero-order valence-electron chi connectivity index (χ0n) is 15.6. The zero-order chi connectivity index (χ0) is 19.1. The van der Waals surface area contributed by atoms with Crippen LogP contribution in [-0.2, 0) is 11.2 Å². The third-order valence-electron chi connectivity index (χ3n) is 5.75. The number of Topliss-reactive ketones (excluding diaryl/α,β-unsaturated/α-hetero) is 1. The molecule has 2 aliphatic carbocycles. The highest BCUT2D eigenvalue weighted by molar-refractivity contribution is 6.01. The van der Waals surface area contributed by atoms with Crippen LogP contribution in [0.25, 0.3) is 11.4 Å². The summed E-state index contributed by atoms with van der Waals surface area (Å²) in [5.41, 5.74) is 3.96. The summed E-state index contributed by atoms with van der Waals surface area (Å²) >= 11 is 0. The third-order valence-corrected chi connectivity index (χ3v) is 5.75. The minimum absolute atomic E-state index is 0.0616. The molecule has 6 nitrogen and oxygen atoms in total. The first-order chi connectivity index (χ1) is 13.0. The number of carbonyl (C=O) groups is 1. The minimum atomic E-state index is -0.185. The summed E-state index contributed by atoms with van der Waals surface area (Å²) in [5, 5.41) is 9.38. The Kier molecular flexibility index (Phi) is 4.23. The quantitative estimate of drug-likeness (QED) is 0.817. The van der Waals surface area contributed by atoms with Crippen LogP contribution < -0.4 is 4.74 Å². The number of allylic oxidation sites excluding steroid dienone is 2. The average molecular weight is 360 g/mol. The van der Waals surface area contributed by atoms with Crippen molar-refractivity contribution in [1.82, 2.24) is 15.0 Å². The summed E-state index contributed by atoms with van der Waals surface area (Å²) < 4.78 is 5.58. The maximum atomic E-state index is 12.4. The maximum absolute atomic E-state index is 12.4. The lowest BCUT2D eigenvalue weighted by molar-refractivity contribution is -0.120. The lowest BCUT2D eigenvalue weighted by Gasteiger charge is -2.37. The fourth-order valence-electron chi connectivity index (χ4n) is 4.25. The van der Waals surface area contributed by atoms with Crippen molar-refractivity contribution in [2.45, 2.75) is 32.6 Å². The van der Waals surface area contributed by atoms with Gasteiger partial charge in [0.25, 0.3) is 0 Å². The lowest BCUT2D eigenvalue weighted by atomic mass is 9.66. The smallest absolute Gasteiger partial charge is 0.220 e. The van der Waals surface area contributed by atoms with Gasteiger partial charge in [-0.25, -0.2) is 4.98 Å². The number of aryl methyl sites for hydroxylation is 1. The second kappa shape index (κ2) is 6.58. The number of nitrogens with zero attached hydrogens (tertiary/aromatic N) is 4. The van der Waals surface area contributed by atoms with Gasteiger partial charge < -0.3 is 4.74 Å². The molecule has 3 atom stereocenters. The lowest BCUT2D eigenvalue weighted by Crippen LogP contribution is -2.35. The van der Waals surface area contributed by atoms with Gasteiger partial charge in [0.15, 0.2) is 11.6 Å². The number of aromatic nitrogens is 3. The monoisotopic (exact) mass is 360 g/mol. The van der Waals surface area contributed by atoms with Crippen molar-refractivity contribution in [3.8, 4) is 23.3 Å². The molecule has 27 heavy (non-hydrogen) atoms. The first-order valence-electron chi connectivity index (χ1n) is 9.07. The van der Waals surface area contributed by atoms with E-state index < -0.39 is 0 Å². The molecule has 0 saturated heterocycles. The molecule has 2 aliphatic rings. The minimum Gasteiger partial charge on any atom is -0.481 e. The standard InChI is InChI=1S/C21H20N4O2/c1-11-10-23-7-6-14(11)20-24-18-16(21(25-20)27-3)5-4-15-12(2)19(26)13(9-22)8-17(15)18/h6-8,10,12,15,17H,4-5H2,1-3H3. The molecule has 2 aromatic heterocycles. The van der Waals surface area contributed by atoms with Crippen molar-refractivity contribution in [2.24, 2.45) is 11.8 Å². The molecule has 2 heterocycles. The largest absolute Gasteiger partial charge is 0.481 e. The van der Waals surface area contributed by atoms with Crippen molar-refractivity contribution < 1.29 is 9.53 Å². The van der Waals surface area contributed by atoms with Gasteiger partial charge in [-0.3, -0.25) is 9.78 Å². The number of hydrogen-bond acceptors (Lipinski definition) is 6. The number of pyridine rings is 1. The van der Waals surface area contributed by atoms with Crippen molar-refractivity contribution in [3.63, 3.8) is 0 Å². The number of ketones is 1. The van der Waals surface area contributed by atoms with Gasteiger partial charge >= 0.3 is 0 Å². The number of ether oxygens (including phenoxy) is 1. The van der Waals surface area contributed by atoms with Crippen molar-refractivity contribution >= 4 is 5.78 Å². The van der Waals surface area contributed by atoms with Gasteiger partial charge in [-0.15, -0.1) is 0 Å². The Balaban J connectivity index is 1.93. The predicted molar refractivity (Wildman–Crippen MR) is 99.0 cm³/mol. The third kappa shape index (κ3) is 2.71. The van der Waals surface area contributed by atoms with Gasteiger partial charge in [0, 0.05) is 35.4 Å². The van der Waals surface area contributed by atoms with Crippen LogP contribution in [0.2, 0.25) is 0 Å². The van der Waals surface area contributed by atoms with Crippen molar-refractivity contribution in [3.05, 3.63) is 46.9 Å². The Morgan fingerprint density at radius 2 is 2.15 bits per heavy atom. The molecule has 2 aromatic rings. The van der Waals surface area contributed by atoms with Crippen molar-refractivity contribution in [2.75, 3.05) is 7.11 Å². The molecule has 3 unspecified atom stereocenters. The van der Waals surface area contributed by atoms with Crippen LogP contribution in [0.5, 0.6) is 5.88 Å². The molecule has 4 rings (SSSR count). The molecule has 0 amide bonds. The first-order valence-corrected chi connectivity index (χ1v) is 9.07. The van der Waals surface area contributed by atoms with E-state index in [1.807, 2.05) is 19.9 Å². The molecular formula is C21H20N4O2. The van der Waals surface area contributed by atoms with Gasteiger partial charge in [-0.2, -0.15) is 10.2 Å². The Bertz CT molecular complexity index is 1010. The number of nitriles is 1. The van der Waals surface area contributed by atoms with E-state index in [0.717, 1.165) is 35.2 Å². The van der Waals surface area contributed by atoms with Gasteiger partial charge in [0.1, 0.15) is 6.07 Å². The van der Waals surface area contributed by atoms with E-state index in [9.17, 15) is 10.1 Å². The molecule has 0 aliphatic heterocycles. The number of rotatable bonds is 2. The van der Waals surface area contributed by atoms with Crippen LogP contribution >= 0.6 is 0 Å². The summed E-state index contributed by atoms with van der Waals surface area (Å²) in [5.74, 6) is 0.981. The van der Waals surface area contributed by atoms with E-state index in [4.69, 9.17) is 9.72 Å². The van der Waals surface area contributed by atoms with Crippen LogP contribution in [0.4, 0.5) is 0 Å².